The Labute approximate surface area is 380 Å². The van der Waals surface area contributed by atoms with Crippen LogP contribution >= 0.6 is 11.8 Å². The number of morpholine rings is 1. The summed E-state index contributed by atoms with van der Waals surface area (Å²) in [4.78, 5) is 19.2. The summed E-state index contributed by atoms with van der Waals surface area (Å²) in [6.07, 6.45) is 8.07. The van der Waals surface area contributed by atoms with Gasteiger partial charge >= 0.3 is 5.51 Å². The minimum absolute atomic E-state index is 0.0218. The maximum absolute atomic E-state index is 14.2. The van der Waals surface area contributed by atoms with Crippen LogP contribution in [-0.2, 0) is 24.6 Å². The zero-order valence-corrected chi connectivity index (χ0v) is 39.3. The van der Waals surface area contributed by atoms with Gasteiger partial charge in [0.1, 0.15) is 4.90 Å². The molecule has 3 aromatic rings. The predicted molar refractivity (Wildman–Crippen MR) is 245 cm³/mol. The molecule has 9 rings (SSSR count). The quantitative estimate of drug-likeness (QED) is 0.107. The Hall–Kier alpha value is -3.61. The van der Waals surface area contributed by atoms with Crippen molar-refractivity contribution in [3.05, 3.63) is 89.5 Å². The number of nitrogens with zero attached hydrogens (tertiary/aromatic N) is 3. The number of carbonyl (C=O) groups is 1. The second-order valence-electron chi connectivity index (χ2n) is 19.6. The van der Waals surface area contributed by atoms with E-state index >= 15 is 0 Å². The van der Waals surface area contributed by atoms with E-state index in [9.17, 15) is 34.8 Å². The predicted octanol–water partition coefficient (Wildman–Crippen LogP) is 8.21. The van der Waals surface area contributed by atoms with E-state index in [1.54, 1.807) is 23.3 Å². The van der Waals surface area contributed by atoms with E-state index in [4.69, 9.17) is 4.74 Å². The number of anilines is 2. The summed E-state index contributed by atoms with van der Waals surface area (Å²) < 4.78 is 103. The molecule has 3 aromatic carbocycles. The van der Waals surface area contributed by atoms with Crippen LogP contribution in [0.2, 0.25) is 0 Å². The molecule has 2 N–H and O–H groups in total. The van der Waals surface area contributed by atoms with Gasteiger partial charge in [-0.25, -0.2) is 21.6 Å². The molecule has 3 saturated carbocycles. The van der Waals surface area contributed by atoms with E-state index in [2.05, 4.69) is 40.8 Å². The molecule has 64 heavy (non-hydrogen) atoms. The van der Waals surface area contributed by atoms with Gasteiger partial charge in [0, 0.05) is 80.3 Å². The summed E-state index contributed by atoms with van der Waals surface area (Å²) in [5, 5.41) is 3.00. The van der Waals surface area contributed by atoms with Crippen molar-refractivity contribution in [1.82, 2.24) is 14.5 Å². The lowest BCUT2D eigenvalue weighted by molar-refractivity contribution is -0.167. The summed E-state index contributed by atoms with van der Waals surface area (Å²) in [6, 6.07) is 17.9. The fourth-order valence-corrected chi connectivity index (χ4v) is 13.6. The summed E-state index contributed by atoms with van der Waals surface area (Å²) in [5.74, 6) is -0.624. The van der Waals surface area contributed by atoms with Crippen LogP contribution in [0.4, 0.5) is 24.5 Å². The largest absolute Gasteiger partial charge is 0.501 e. The fraction of sp³-hybridized carbons (Fsp3) is 0.553. The number of benzene rings is 3. The molecule has 2 saturated heterocycles. The molecule has 11 nitrogen and oxygen atoms in total. The van der Waals surface area contributed by atoms with Gasteiger partial charge in [-0.05, 0) is 116 Å². The molecule has 4 aliphatic carbocycles. The number of thioether (sulfide) groups is 1. The van der Waals surface area contributed by atoms with Gasteiger partial charge in [0.2, 0.25) is 0 Å². The summed E-state index contributed by atoms with van der Waals surface area (Å²) >= 11 is 1.46. The number of allylic oxidation sites excluding steroid dienone is 1. The summed E-state index contributed by atoms with van der Waals surface area (Å²) in [7, 11) is -10.9. The standard InChI is InChI=1S/C47H60F3N5O6S3/c1-44(2)17-15-35(40(28-44)46-31-45(3,32-46)33-46)29-54-19-21-55(22-20-54)37-11-9-34(10-12-37)43(56)52-64(59,60)39-13-14-41(42(27-39)63(57,58)47(48,49)50)51-36(16-18-53-23-25-61-26-24-53)30-62-38-7-5-4-6-8-38/h4-14,27,36,51H,15-26,28-33H2,1-3H3,(H,52,56). The lowest BCUT2D eigenvalue weighted by Gasteiger charge is -2.72. The lowest BCUT2D eigenvalue weighted by atomic mass is 9.33. The number of hydrogen-bond acceptors (Lipinski definition) is 11. The number of nitrogens with one attached hydrogen (secondary N) is 2. The molecule has 0 spiro atoms. The van der Waals surface area contributed by atoms with Crippen LogP contribution in [0.1, 0.15) is 76.1 Å². The van der Waals surface area contributed by atoms with Crippen molar-refractivity contribution >= 4 is 48.9 Å². The molecule has 1 unspecified atom stereocenters. The minimum atomic E-state index is -6.04. The van der Waals surface area contributed by atoms with E-state index in [1.807, 2.05) is 35.1 Å². The molecule has 6 aliphatic rings. The summed E-state index contributed by atoms with van der Waals surface area (Å²) in [5.41, 5.74) is -0.444. The number of piperazine rings is 1. The molecule has 0 radical (unpaired) electrons. The Bertz CT molecular complexity index is 2410. The van der Waals surface area contributed by atoms with Crippen LogP contribution in [-0.4, -0.2) is 115 Å². The third kappa shape index (κ3) is 10.3. The van der Waals surface area contributed by atoms with Gasteiger partial charge < -0.3 is 15.0 Å². The van der Waals surface area contributed by atoms with Crippen molar-refractivity contribution in [3.63, 3.8) is 0 Å². The molecule has 2 heterocycles. The minimum Gasteiger partial charge on any atom is -0.380 e. The molecular weight excluding hydrogens is 884 g/mol. The molecule has 17 heteroatoms. The van der Waals surface area contributed by atoms with Crippen molar-refractivity contribution in [2.24, 2.45) is 16.2 Å². The molecule has 2 aliphatic heterocycles. The maximum Gasteiger partial charge on any atom is 0.501 e. The molecule has 348 valence electrons. The van der Waals surface area contributed by atoms with Crippen LogP contribution < -0.4 is 14.9 Å². The van der Waals surface area contributed by atoms with Crippen LogP contribution in [0.25, 0.3) is 0 Å². The zero-order valence-electron chi connectivity index (χ0n) is 36.9. The number of halogens is 3. The third-order valence-corrected chi connectivity index (χ3v) is 18.0. The Morgan fingerprint density at radius 1 is 0.859 bits per heavy atom. The number of amides is 1. The van der Waals surface area contributed by atoms with Crippen molar-refractivity contribution in [2.75, 3.05) is 81.5 Å². The van der Waals surface area contributed by atoms with Crippen LogP contribution in [0.15, 0.2) is 98.6 Å². The summed E-state index contributed by atoms with van der Waals surface area (Å²) in [6.45, 7) is 14.7. The highest BCUT2D eigenvalue weighted by Gasteiger charge is 2.66. The van der Waals surface area contributed by atoms with E-state index in [-0.39, 0.29) is 5.56 Å². The van der Waals surface area contributed by atoms with Gasteiger partial charge in [-0.3, -0.25) is 14.6 Å². The number of sulfone groups is 1. The lowest BCUT2D eigenvalue weighted by Crippen LogP contribution is -2.61. The van der Waals surface area contributed by atoms with Gasteiger partial charge in [0.25, 0.3) is 25.8 Å². The van der Waals surface area contributed by atoms with Crippen LogP contribution in [0.5, 0.6) is 0 Å². The first-order valence-electron chi connectivity index (χ1n) is 22.3. The van der Waals surface area contributed by atoms with Crippen LogP contribution in [0.3, 0.4) is 0 Å². The highest BCUT2D eigenvalue weighted by molar-refractivity contribution is 7.99. The van der Waals surface area contributed by atoms with E-state index < -0.39 is 52.8 Å². The molecule has 0 aromatic heterocycles. The van der Waals surface area contributed by atoms with E-state index in [0.29, 0.717) is 67.3 Å². The normalized spacial score (nSPS) is 24.7. The van der Waals surface area contributed by atoms with Gasteiger partial charge in [0.15, 0.2) is 0 Å². The number of alkyl halides is 3. The number of rotatable bonds is 16. The van der Waals surface area contributed by atoms with Gasteiger partial charge in [-0.1, -0.05) is 50.1 Å². The van der Waals surface area contributed by atoms with E-state index in [1.165, 1.54) is 62.4 Å². The first kappa shape index (κ1) is 46.9. The SMILES string of the molecule is CC1(C)CCC(CN2CCN(c3ccc(C(=O)NS(=O)(=O)c4ccc(NC(CCN5CCOCC5)CSc5ccccc5)c(S(=O)(=O)C(F)(F)F)c4)cc3)CC2)=C(C23CC(C)(C2)C3)C1. The monoisotopic (exact) mass is 943 g/mol. The number of hydrogen-bond donors (Lipinski definition) is 2. The Morgan fingerprint density at radius 3 is 2.17 bits per heavy atom. The molecule has 2 bridgehead atoms. The first-order valence-corrected chi connectivity index (χ1v) is 26.2. The van der Waals surface area contributed by atoms with E-state index in [0.717, 1.165) is 55.4 Å². The first-order chi connectivity index (χ1) is 30.2. The van der Waals surface area contributed by atoms with Crippen molar-refractivity contribution < 1.29 is 39.5 Å². The van der Waals surface area contributed by atoms with Crippen molar-refractivity contribution in [2.45, 2.75) is 92.0 Å². The third-order valence-electron chi connectivity index (χ3n) is 13.9. The number of sulfonamides is 1. The fourth-order valence-electron chi connectivity index (χ4n) is 10.6. The molecular formula is C47H60F3N5O6S3. The molecule has 5 fully saturated rings. The average Bonchev–Trinajstić information content (AvgIpc) is 3.24. The van der Waals surface area contributed by atoms with Crippen molar-refractivity contribution in [1.29, 1.82) is 0 Å². The van der Waals surface area contributed by atoms with Gasteiger partial charge in [-0.15, -0.1) is 11.8 Å². The molecule has 1 atom stereocenters. The Morgan fingerprint density at radius 2 is 1.53 bits per heavy atom. The highest BCUT2D eigenvalue weighted by Crippen LogP contribution is 2.77. The Kier molecular flexibility index (Phi) is 13.4. The van der Waals surface area contributed by atoms with Crippen LogP contribution in [0, 0.1) is 16.2 Å². The molecule has 1 amide bonds. The topological polar surface area (TPSA) is 128 Å². The second kappa shape index (κ2) is 18.2. The average molecular weight is 944 g/mol. The smallest absolute Gasteiger partial charge is 0.380 e. The second-order valence-corrected chi connectivity index (χ2v) is 24.3. The van der Waals surface area contributed by atoms with Gasteiger partial charge in [-0.2, -0.15) is 13.2 Å². The van der Waals surface area contributed by atoms with Gasteiger partial charge in [0.05, 0.1) is 23.8 Å². The maximum atomic E-state index is 14.2. The highest BCUT2D eigenvalue weighted by atomic mass is 32.2. The van der Waals surface area contributed by atoms with Crippen molar-refractivity contribution in [3.8, 4) is 0 Å². The number of ether oxygens (including phenoxy) is 1. The number of carbonyl (C=O) groups excluding carboxylic acids is 1. The zero-order chi connectivity index (χ0) is 45.5. The Balaban J connectivity index is 0.922.